The van der Waals surface area contributed by atoms with Crippen LogP contribution < -0.4 is 4.74 Å². The summed E-state index contributed by atoms with van der Waals surface area (Å²) in [6.45, 7) is 4.58. The minimum absolute atomic E-state index is 0.0272. The number of carbonyl (C=O) groups is 1. The molecule has 1 aromatic heterocycles. The highest BCUT2D eigenvalue weighted by Crippen LogP contribution is 2.21. The molecule has 0 atom stereocenters. The lowest BCUT2D eigenvalue weighted by Gasteiger charge is -2.32. The average molecular weight is 446 g/mol. The quantitative estimate of drug-likeness (QED) is 0.700. The summed E-state index contributed by atoms with van der Waals surface area (Å²) < 4.78 is 38.1. The summed E-state index contributed by atoms with van der Waals surface area (Å²) in [4.78, 5) is 19.2. The molecular formula is C22H27N3O5S. The Hall–Kier alpha value is -2.49. The largest absolute Gasteiger partial charge is 0.474 e. The van der Waals surface area contributed by atoms with Crippen molar-refractivity contribution in [2.24, 2.45) is 0 Å². The first-order valence-corrected chi connectivity index (χ1v) is 11.9. The van der Waals surface area contributed by atoms with Crippen LogP contribution in [0.2, 0.25) is 0 Å². The van der Waals surface area contributed by atoms with Crippen LogP contribution in [-0.4, -0.2) is 74.0 Å². The molecule has 31 heavy (non-hydrogen) atoms. The number of pyridine rings is 1. The topological polar surface area (TPSA) is 89.0 Å². The number of aryl methyl sites for hydroxylation is 1. The number of piperidine rings is 1. The fraction of sp³-hybridized carbons (Fsp3) is 0.455. The minimum Gasteiger partial charge on any atom is -0.474 e. The highest BCUT2D eigenvalue weighted by molar-refractivity contribution is 7.89. The van der Waals surface area contributed by atoms with E-state index < -0.39 is 10.0 Å². The van der Waals surface area contributed by atoms with E-state index in [1.54, 1.807) is 17.0 Å². The van der Waals surface area contributed by atoms with Gasteiger partial charge in [0.1, 0.15) is 6.10 Å². The number of morpholine rings is 1. The summed E-state index contributed by atoms with van der Waals surface area (Å²) in [7, 11) is -3.56. The van der Waals surface area contributed by atoms with Crippen LogP contribution in [0.25, 0.3) is 0 Å². The van der Waals surface area contributed by atoms with E-state index in [0.717, 1.165) is 18.5 Å². The van der Waals surface area contributed by atoms with Gasteiger partial charge in [0.15, 0.2) is 0 Å². The van der Waals surface area contributed by atoms with Crippen molar-refractivity contribution in [2.45, 2.75) is 30.8 Å². The number of sulfonamides is 1. The van der Waals surface area contributed by atoms with Gasteiger partial charge in [-0.05, 0) is 37.3 Å². The maximum Gasteiger partial charge on any atom is 0.253 e. The molecule has 1 aromatic carbocycles. The molecule has 2 saturated heterocycles. The first kappa shape index (κ1) is 21.7. The van der Waals surface area contributed by atoms with Gasteiger partial charge in [0, 0.05) is 56.3 Å². The second-order valence-corrected chi connectivity index (χ2v) is 9.71. The van der Waals surface area contributed by atoms with E-state index in [0.29, 0.717) is 50.8 Å². The summed E-state index contributed by atoms with van der Waals surface area (Å²) in [6.07, 6.45) is 1.48. The molecule has 9 heteroatoms. The molecule has 2 aliphatic heterocycles. The summed E-state index contributed by atoms with van der Waals surface area (Å²) in [5, 5.41) is 0. The minimum atomic E-state index is -3.56. The fourth-order valence-electron chi connectivity index (χ4n) is 3.82. The van der Waals surface area contributed by atoms with Crippen LogP contribution >= 0.6 is 0 Å². The van der Waals surface area contributed by atoms with Gasteiger partial charge in [-0.15, -0.1) is 0 Å². The molecule has 2 aromatic rings. The zero-order valence-corrected chi connectivity index (χ0v) is 18.4. The standard InChI is InChI=1S/C22H27N3O5S/c1-17-3-2-4-21(23-17)30-19-9-11-24(12-10-19)22(26)18-5-7-20(8-6-18)31(27,28)25-13-15-29-16-14-25/h2-8,19H,9-16H2,1H3. The molecule has 1 amide bonds. The van der Waals surface area contributed by atoms with E-state index in [-0.39, 0.29) is 16.9 Å². The van der Waals surface area contributed by atoms with Gasteiger partial charge in [-0.3, -0.25) is 4.79 Å². The van der Waals surface area contributed by atoms with E-state index in [2.05, 4.69) is 4.98 Å². The molecule has 0 bridgehead atoms. The second-order valence-electron chi connectivity index (χ2n) is 7.77. The van der Waals surface area contributed by atoms with Crippen molar-refractivity contribution in [3.8, 4) is 5.88 Å². The van der Waals surface area contributed by atoms with Crippen molar-refractivity contribution in [1.29, 1.82) is 0 Å². The molecule has 2 fully saturated rings. The number of nitrogens with zero attached hydrogens (tertiary/aromatic N) is 3. The predicted octanol–water partition coefficient (Wildman–Crippen LogP) is 2.09. The molecule has 166 valence electrons. The lowest BCUT2D eigenvalue weighted by molar-refractivity contribution is 0.0587. The number of aromatic nitrogens is 1. The van der Waals surface area contributed by atoms with E-state index in [4.69, 9.17) is 9.47 Å². The van der Waals surface area contributed by atoms with Gasteiger partial charge in [-0.2, -0.15) is 4.31 Å². The van der Waals surface area contributed by atoms with Crippen LogP contribution in [0.3, 0.4) is 0 Å². The van der Waals surface area contributed by atoms with Crippen LogP contribution in [-0.2, 0) is 14.8 Å². The van der Waals surface area contributed by atoms with Gasteiger partial charge in [0.2, 0.25) is 15.9 Å². The Morgan fingerprint density at radius 2 is 1.71 bits per heavy atom. The number of carbonyl (C=O) groups excluding carboxylic acids is 1. The monoisotopic (exact) mass is 445 g/mol. The normalized spacial score (nSPS) is 18.7. The van der Waals surface area contributed by atoms with Gasteiger partial charge in [0.25, 0.3) is 5.91 Å². The summed E-state index contributed by atoms with van der Waals surface area (Å²) in [5.74, 6) is 0.518. The first-order chi connectivity index (χ1) is 14.9. The fourth-order valence-corrected chi connectivity index (χ4v) is 5.23. The molecule has 0 N–H and O–H groups in total. The molecule has 4 rings (SSSR count). The van der Waals surface area contributed by atoms with E-state index in [1.807, 2.05) is 25.1 Å². The Morgan fingerprint density at radius 3 is 2.35 bits per heavy atom. The van der Waals surface area contributed by atoms with Crippen molar-refractivity contribution in [2.75, 3.05) is 39.4 Å². The number of benzene rings is 1. The number of amides is 1. The number of hydrogen-bond acceptors (Lipinski definition) is 6. The Kier molecular flexibility index (Phi) is 6.54. The molecule has 3 heterocycles. The highest BCUT2D eigenvalue weighted by atomic mass is 32.2. The maximum absolute atomic E-state index is 12.9. The second kappa shape index (κ2) is 9.33. The lowest BCUT2D eigenvalue weighted by atomic mass is 10.1. The third-order valence-corrected chi connectivity index (χ3v) is 7.50. The van der Waals surface area contributed by atoms with Crippen LogP contribution in [0.4, 0.5) is 0 Å². The van der Waals surface area contributed by atoms with Crippen molar-refractivity contribution in [3.05, 3.63) is 53.7 Å². The zero-order valence-electron chi connectivity index (χ0n) is 17.6. The molecule has 0 spiro atoms. The van der Waals surface area contributed by atoms with Crippen molar-refractivity contribution in [3.63, 3.8) is 0 Å². The van der Waals surface area contributed by atoms with Crippen LogP contribution in [0.1, 0.15) is 28.9 Å². The first-order valence-electron chi connectivity index (χ1n) is 10.5. The predicted molar refractivity (Wildman–Crippen MR) is 115 cm³/mol. The number of likely N-dealkylation sites (tertiary alicyclic amines) is 1. The lowest BCUT2D eigenvalue weighted by Crippen LogP contribution is -2.42. The SMILES string of the molecule is Cc1cccc(OC2CCN(C(=O)c3ccc(S(=O)(=O)N4CCOCC4)cc3)CC2)n1. The Morgan fingerprint density at radius 1 is 1.03 bits per heavy atom. The number of rotatable bonds is 5. The Bertz CT molecular complexity index is 1010. The Balaban J connectivity index is 1.34. The highest BCUT2D eigenvalue weighted by Gasteiger charge is 2.28. The van der Waals surface area contributed by atoms with E-state index >= 15 is 0 Å². The molecule has 2 aliphatic rings. The van der Waals surface area contributed by atoms with Gasteiger partial charge < -0.3 is 14.4 Å². The summed E-state index contributed by atoms with van der Waals surface area (Å²) in [5.41, 5.74) is 1.39. The number of hydrogen-bond donors (Lipinski definition) is 0. The van der Waals surface area contributed by atoms with Crippen molar-refractivity contribution >= 4 is 15.9 Å². The number of ether oxygens (including phenoxy) is 2. The zero-order chi connectivity index (χ0) is 21.8. The van der Waals surface area contributed by atoms with Crippen molar-refractivity contribution < 1.29 is 22.7 Å². The summed E-state index contributed by atoms with van der Waals surface area (Å²) >= 11 is 0. The van der Waals surface area contributed by atoms with E-state index in [9.17, 15) is 13.2 Å². The van der Waals surface area contributed by atoms with E-state index in [1.165, 1.54) is 16.4 Å². The van der Waals surface area contributed by atoms with Crippen molar-refractivity contribution in [1.82, 2.24) is 14.2 Å². The van der Waals surface area contributed by atoms with Crippen LogP contribution in [0.15, 0.2) is 47.4 Å². The van der Waals surface area contributed by atoms with Crippen LogP contribution in [0.5, 0.6) is 5.88 Å². The molecule has 0 unspecified atom stereocenters. The smallest absolute Gasteiger partial charge is 0.253 e. The third-order valence-electron chi connectivity index (χ3n) is 5.59. The average Bonchev–Trinajstić information content (AvgIpc) is 2.80. The molecular weight excluding hydrogens is 418 g/mol. The van der Waals surface area contributed by atoms with Gasteiger partial charge in [-0.1, -0.05) is 6.07 Å². The summed E-state index contributed by atoms with van der Waals surface area (Å²) in [6, 6.07) is 11.9. The maximum atomic E-state index is 12.9. The van der Waals surface area contributed by atoms with Gasteiger partial charge >= 0.3 is 0 Å². The van der Waals surface area contributed by atoms with Crippen LogP contribution in [0, 0.1) is 6.92 Å². The third kappa shape index (κ3) is 5.06. The van der Waals surface area contributed by atoms with Gasteiger partial charge in [0.05, 0.1) is 18.1 Å². The molecule has 0 radical (unpaired) electrons. The molecule has 8 nitrogen and oxygen atoms in total. The van der Waals surface area contributed by atoms with Gasteiger partial charge in [-0.25, -0.2) is 13.4 Å². The Labute approximate surface area is 182 Å². The molecule has 0 aliphatic carbocycles. The molecule has 0 saturated carbocycles.